The average molecular weight is 356 g/mol. The smallest absolute Gasteiger partial charge is 0.225 e. The lowest BCUT2D eigenvalue weighted by atomic mass is 9.79. The lowest BCUT2D eigenvalue weighted by Gasteiger charge is -2.29. The summed E-state index contributed by atoms with van der Waals surface area (Å²) in [6.45, 7) is 0.834. The summed E-state index contributed by atoms with van der Waals surface area (Å²) < 4.78 is 15.1. The minimum absolute atomic E-state index is 0.0207. The minimum Gasteiger partial charge on any atom is -0.346 e. The van der Waals surface area contributed by atoms with Gasteiger partial charge in [0, 0.05) is 30.0 Å². The van der Waals surface area contributed by atoms with Crippen LogP contribution >= 0.6 is 0 Å². The van der Waals surface area contributed by atoms with Crippen molar-refractivity contribution in [2.75, 3.05) is 13.1 Å². The zero-order valence-corrected chi connectivity index (χ0v) is 14.4. The molecule has 2 aliphatic rings. The number of fused-ring (bicyclic) bond motifs is 3. The normalized spacial score (nSPS) is 26.8. The number of nitrogens with one attached hydrogen (secondary N) is 1. The molecule has 0 radical (unpaired) electrons. The van der Waals surface area contributed by atoms with Crippen LogP contribution < -0.4 is 0 Å². The Hall–Kier alpha value is -2.51. The Labute approximate surface area is 149 Å². The average Bonchev–Trinajstić information content (AvgIpc) is 3.39. The number of H-pyrrole nitrogens is 1. The Morgan fingerprint density at radius 3 is 2.85 bits per heavy atom. The molecule has 1 unspecified atom stereocenters. The van der Waals surface area contributed by atoms with Gasteiger partial charge in [0.25, 0.3) is 0 Å². The fraction of sp³-hybridized carbons (Fsp3) is 0.556. The standard InChI is InChI=1S/C18H21FN6O/c19-13-6-8-24(9-13)18(26)12-3-1-11(2-4-12)15-16-14-5-7-20-17(14)21-10-25(16)23-22-15/h5,7,10-13,20H,1-4,6,8-9H2. The highest BCUT2D eigenvalue weighted by Crippen LogP contribution is 2.38. The fourth-order valence-electron chi connectivity index (χ4n) is 4.48. The van der Waals surface area contributed by atoms with Gasteiger partial charge in [0.15, 0.2) is 0 Å². The fourth-order valence-corrected chi connectivity index (χ4v) is 4.48. The van der Waals surface area contributed by atoms with Crippen molar-refractivity contribution in [1.29, 1.82) is 0 Å². The van der Waals surface area contributed by atoms with Gasteiger partial charge in [-0.25, -0.2) is 13.9 Å². The van der Waals surface area contributed by atoms with Crippen LogP contribution in [0.5, 0.6) is 0 Å². The number of carbonyl (C=O) groups excluding carboxylic acids is 1. The molecule has 1 amide bonds. The van der Waals surface area contributed by atoms with Crippen LogP contribution in [0.4, 0.5) is 4.39 Å². The van der Waals surface area contributed by atoms with Gasteiger partial charge in [-0.05, 0) is 38.2 Å². The number of carbonyl (C=O) groups is 1. The van der Waals surface area contributed by atoms with Gasteiger partial charge in [-0.1, -0.05) is 5.21 Å². The van der Waals surface area contributed by atoms with Gasteiger partial charge in [-0.3, -0.25) is 4.79 Å². The van der Waals surface area contributed by atoms with Crippen molar-refractivity contribution in [2.24, 2.45) is 5.92 Å². The molecule has 3 aromatic rings. The lowest BCUT2D eigenvalue weighted by Crippen LogP contribution is -2.36. The van der Waals surface area contributed by atoms with Gasteiger partial charge in [-0.15, -0.1) is 5.10 Å². The Balaban J connectivity index is 1.35. The highest BCUT2D eigenvalue weighted by atomic mass is 19.1. The topological polar surface area (TPSA) is 79.2 Å². The van der Waals surface area contributed by atoms with E-state index < -0.39 is 6.17 Å². The summed E-state index contributed by atoms with van der Waals surface area (Å²) in [5, 5.41) is 9.67. The first kappa shape index (κ1) is 15.7. The van der Waals surface area contributed by atoms with Crippen molar-refractivity contribution in [3.63, 3.8) is 0 Å². The monoisotopic (exact) mass is 356 g/mol. The zero-order chi connectivity index (χ0) is 17.7. The second-order valence-electron chi connectivity index (χ2n) is 7.47. The maximum absolute atomic E-state index is 13.4. The lowest BCUT2D eigenvalue weighted by molar-refractivity contribution is -0.135. The van der Waals surface area contributed by atoms with Crippen LogP contribution in [0.15, 0.2) is 18.6 Å². The molecule has 7 nitrogen and oxygen atoms in total. The molecule has 5 rings (SSSR count). The van der Waals surface area contributed by atoms with Crippen LogP contribution in [-0.4, -0.2) is 54.9 Å². The maximum Gasteiger partial charge on any atom is 0.225 e. The van der Waals surface area contributed by atoms with Gasteiger partial charge in [0.1, 0.15) is 23.7 Å². The highest BCUT2D eigenvalue weighted by Gasteiger charge is 2.34. The third kappa shape index (κ3) is 2.47. The molecule has 0 spiro atoms. The van der Waals surface area contributed by atoms with Gasteiger partial charge in [0.2, 0.25) is 5.91 Å². The number of hydrogen-bond acceptors (Lipinski definition) is 4. The van der Waals surface area contributed by atoms with Gasteiger partial charge < -0.3 is 9.88 Å². The van der Waals surface area contributed by atoms with Gasteiger partial charge in [-0.2, -0.15) is 0 Å². The summed E-state index contributed by atoms with van der Waals surface area (Å²) >= 11 is 0. The molecule has 1 saturated carbocycles. The minimum atomic E-state index is -0.851. The summed E-state index contributed by atoms with van der Waals surface area (Å²) in [5.41, 5.74) is 2.83. The number of halogens is 1. The maximum atomic E-state index is 13.4. The largest absolute Gasteiger partial charge is 0.346 e. The van der Waals surface area contributed by atoms with Crippen molar-refractivity contribution in [3.05, 3.63) is 24.3 Å². The highest BCUT2D eigenvalue weighted by molar-refractivity contribution is 5.92. The third-order valence-electron chi connectivity index (χ3n) is 5.90. The Morgan fingerprint density at radius 1 is 1.23 bits per heavy atom. The molecule has 26 heavy (non-hydrogen) atoms. The van der Waals surface area contributed by atoms with E-state index in [0.717, 1.165) is 47.9 Å². The van der Waals surface area contributed by atoms with E-state index in [4.69, 9.17) is 0 Å². The molecule has 1 atom stereocenters. The quantitative estimate of drug-likeness (QED) is 0.765. The van der Waals surface area contributed by atoms with Gasteiger partial charge >= 0.3 is 0 Å². The van der Waals surface area contributed by atoms with Crippen LogP contribution in [-0.2, 0) is 4.79 Å². The number of hydrogen-bond donors (Lipinski definition) is 1. The summed E-state index contributed by atoms with van der Waals surface area (Å²) in [4.78, 5) is 21.8. The van der Waals surface area contributed by atoms with E-state index in [9.17, 15) is 9.18 Å². The van der Waals surface area contributed by atoms with E-state index in [1.165, 1.54) is 0 Å². The molecule has 0 bridgehead atoms. The molecule has 0 aromatic carbocycles. The van der Waals surface area contributed by atoms with E-state index in [-0.39, 0.29) is 18.4 Å². The molecule has 136 valence electrons. The first-order chi connectivity index (χ1) is 12.7. The van der Waals surface area contributed by atoms with Crippen LogP contribution in [0, 0.1) is 5.92 Å². The Kier molecular flexibility index (Phi) is 3.65. The molecule has 4 heterocycles. The second kappa shape index (κ2) is 6.03. The first-order valence-electron chi connectivity index (χ1n) is 9.30. The van der Waals surface area contributed by atoms with E-state index in [1.807, 2.05) is 12.3 Å². The molecule has 1 saturated heterocycles. The summed E-state index contributed by atoms with van der Waals surface area (Å²) in [5.74, 6) is 0.450. The van der Waals surface area contributed by atoms with Crippen molar-refractivity contribution in [2.45, 2.75) is 44.2 Å². The number of likely N-dealkylation sites (tertiary alicyclic amines) is 1. The zero-order valence-electron chi connectivity index (χ0n) is 14.4. The third-order valence-corrected chi connectivity index (χ3v) is 5.90. The predicted molar refractivity (Wildman–Crippen MR) is 93.4 cm³/mol. The van der Waals surface area contributed by atoms with E-state index >= 15 is 0 Å². The second-order valence-corrected chi connectivity index (χ2v) is 7.47. The van der Waals surface area contributed by atoms with Crippen LogP contribution in [0.3, 0.4) is 0 Å². The molecule has 1 aliphatic carbocycles. The molecule has 1 aliphatic heterocycles. The predicted octanol–water partition coefficient (Wildman–Crippen LogP) is 2.45. The molecule has 1 N–H and O–H groups in total. The van der Waals surface area contributed by atoms with Crippen molar-refractivity contribution < 1.29 is 9.18 Å². The van der Waals surface area contributed by atoms with Crippen LogP contribution in [0.25, 0.3) is 16.6 Å². The number of amides is 1. The molecular weight excluding hydrogens is 335 g/mol. The SMILES string of the molecule is O=C(C1CCC(c2nnn3cnc4[nH]ccc4c23)CC1)N1CCC(F)C1. The summed E-state index contributed by atoms with van der Waals surface area (Å²) in [6.07, 6.45) is 6.66. The molecule has 2 fully saturated rings. The van der Waals surface area contributed by atoms with E-state index in [2.05, 4.69) is 20.3 Å². The number of alkyl halides is 1. The number of nitrogens with zero attached hydrogens (tertiary/aromatic N) is 5. The van der Waals surface area contributed by atoms with Gasteiger partial charge in [0.05, 0.1) is 12.2 Å². The first-order valence-corrected chi connectivity index (χ1v) is 9.30. The molecule has 8 heteroatoms. The Morgan fingerprint density at radius 2 is 2.08 bits per heavy atom. The van der Waals surface area contributed by atoms with Crippen molar-refractivity contribution >= 4 is 22.5 Å². The van der Waals surface area contributed by atoms with E-state index in [1.54, 1.807) is 15.7 Å². The number of aromatic amines is 1. The summed E-state index contributed by atoms with van der Waals surface area (Å²) in [6, 6.07) is 2.00. The van der Waals surface area contributed by atoms with E-state index in [0.29, 0.717) is 18.9 Å². The number of aromatic nitrogens is 5. The Bertz CT molecular complexity index is 957. The van der Waals surface area contributed by atoms with Crippen molar-refractivity contribution in [3.8, 4) is 0 Å². The van der Waals surface area contributed by atoms with Crippen molar-refractivity contribution in [1.82, 2.24) is 29.7 Å². The van der Waals surface area contributed by atoms with Crippen LogP contribution in [0.1, 0.15) is 43.7 Å². The number of rotatable bonds is 2. The molecule has 3 aromatic heterocycles. The summed E-state index contributed by atoms with van der Waals surface area (Å²) in [7, 11) is 0. The molecular formula is C18H21FN6O. The van der Waals surface area contributed by atoms with Crippen LogP contribution in [0.2, 0.25) is 0 Å².